The summed E-state index contributed by atoms with van der Waals surface area (Å²) < 4.78 is 0. The van der Waals surface area contributed by atoms with Gasteiger partial charge in [-0.25, -0.2) is 9.78 Å². The molecule has 0 amide bonds. The minimum Gasteiger partial charge on any atom is -0.477 e. The minimum atomic E-state index is -0.884. The van der Waals surface area contributed by atoms with Crippen LogP contribution in [0.5, 0.6) is 0 Å². The highest BCUT2D eigenvalue weighted by Crippen LogP contribution is 2.27. The van der Waals surface area contributed by atoms with Gasteiger partial charge in [0.05, 0.1) is 5.69 Å². The smallest absolute Gasteiger partial charge is 0.347 e. The van der Waals surface area contributed by atoms with E-state index in [2.05, 4.69) is 37.6 Å². The first-order valence-electron chi connectivity index (χ1n) is 6.27. The largest absolute Gasteiger partial charge is 0.477 e. The van der Waals surface area contributed by atoms with Gasteiger partial charge in [0.2, 0.25) is 0 Å². The summed E-state index contributed by atoms with van der Waals surface area (Å²) in [4.78, 5) is 18.0. The Kier molecular flexibility index (Phi) is 5.14. The molecule has 0 saturated carbocycles. The molecule has 0 aromatic carbocycles. The molecule has 0 unspecified atom stereocenters. The van der Waals surface area contributed by atoms with Crippen molar-refractivity contribution in [3.63, 3.8) is 0 Å². The van der Waals surface area contributed by atoms with E-state index in [1.54, 1.807) is 6.92 Å². The van der Waals surface area contributed by atoms with Crippen molar-refractivity contribution in [2.45, 2.75) is 34.6 Å². The Hall–Kier alpha value is -1.10. The summed E-state index contributed by atoms with van der Waals surface area (Å²) in [5.41, 5.74) is 0.611. The number of hydrogen-bond donors (Lipinski definition) is 1. The van der Waals surface area contributed by atoms with E-state index >= 15 is 0 Å². The normalized spacial score (nSPS) is 11.3. The third kappa shape index (κ3) is 3.98. The molecule has 18 heavy (non-hydrogen) atoms. The lowest BCUT2D eigenvalue weighted by molar-refractivity contribution is 0.0701. The van der Waals surface area contributed by atoms with E-state index in [0.717, 1.165) is 18.2 Å². The van der Waals surface area contributed by atoms with Gasteiger partial charge in [-0.3, -0.25) is 0 Å². The molecule has 0 atom stereocenters. The molecule has 0 aliphatic carbocycles. The molecular weight excluding hydrogens is 248 g/mol. The Morgan fingerprint density at radius 3 is 2.11 bits per heavy atom. The molecule has 1 aromatic heterocycles. The zero-order valence-electron chi connectivity index (χ0n) is 11.7. The van der Waals surface area contributed by atoms with Crippen LogP contribution in [0.15, 0.2) is 0 Å². The van der Waals surface area contributed by atoms with Crippen molar-refractivity contribution in [3.05, 3.63) is 10.6 Å². The fraction of sp³-hybridized carbons (Fsp3) is 0.692. The third-order valence-electron chi connectivity index (χ3n) is 2.42. The van der Waals surface area contributed by atoms with E-state index in [4.69, 9.17) is 5.11 Å². The topological polar surface area (TPSA) is 53.4 Å². The number of carboxylic acid groups (broad SMARTS) is 1. The molecule has 0 aliphatic heterocycles. The van der Waals surface area contributed by atoms with Gasteiger partial charge < -0.3 is 10.0 Å². The first-order valence-corrected chi connectivity index (χ1v) is 7.08. The van der Waals surface area contributed by atoms with Crippen molar-refractivity contribution in [1.29, 1.82) is 0 Å². The average molecular weight is 270 g/mol. The van der Waals surface area contributed by atoms with Gasteiger partial charge in [0, 0.05) is 13.1 Å². The number of anilines is 1. The van der Waals surface area contributed by atoms with E-state index in [-0.39, 0.29) is 0 Å². The van der Waals surface area contributed by atoms with Gasteiger partial charge in [-0.1, -0.05) is 39.0 Å². The van der Waals surface area contributed by atoms with Crippen LogP contribution in [-0.4, -0.2) is 29.1 Å². The summed E-state index contributed by atoms with van der Waals surface area (Å²) >= 11 is 1.27. The second-order valence-electron chi connectivity index (χ2n) is 5.41. The summed E-state index contributed by atoms with van der Waals surface area (Å²) in [5.74, 6) is 0.174. The molecule has 4 nitrogen and oxygen atoms in total. The molecule has 1 heterocycles. The number of aromatic carboxylic acids is 1. The maximum absolute atomic E-state index is 11.1. The fourth-order valence-corrected chi connectivity index (χ4v) is 2.75. The van der Waals surface area contributed by atoms with Gasteiger partial charge in [-0.2, -0.15) is 0 Å². The number of thiazole rings is 1. The van der Waals surface area contributed by atoms with Gasteiger partial charge in [0.25, 0.3) is 0 Å². The number of aromatic nitrogens is 1. The van der Waals surface area contributed by atoms with Gasteiger partial charge in [0.1, 0.15) is 4.88 Å². The molecule has 0 bridgehead atoms. The number of hydrogen-bond acceptors (Lipinski definition) is 4. The molecule has 0 radical (unpaired) electrons. The number of nitrogens with zero attached hydrogens (tertiary/aromatic N) is 2. The van der Waals surface area contributed by atoms with Crippen molar-refractivity contribution in [2.24, 2.45) is 11.8 Å². The highest BCUT2D eigenvalue weighted by atomic mass is 32.1. The van der Waals surface area contributed by atoms with Crippen molar-refractivity contribution in [1.82, 2.24) is 4.98 Å². The predicted molar refractivity (Wildman–Crippen MR) is 75.7 cm³/mol. The van der Waals surface area contributed by atoms with E-state index in [0.29, 0.717) is 22.4 Å². The summed E-state index contributed by atoms with van der Waals surface area (Å²) in [7, 11) is 0. The molecule has 0 spiro atoms. The van der Waals surface area contributed by atoms with Gasteiger partial charge in [-0.15, -0.1) is 0 Å². The lowest BCUT2D eigenvalue weighted by atomic mass is 10.1. The Balaban J connectivity index is 2.97. The Morgan fingerprint density at radius 2 is 1.78 bits per heavy atom. The molecule has 1 rings (SSSR count). The number of carboxylic acids is 1. The van der Waals surface area contributed by atoms with Crippen molar-refractivity contribution >= 4 is 22.4 Å². The van der Waals surface area contributed by atoms with Gasteiger partial charge in [-0.05, 0) is 18.8 Å². The van der Waals surface area contributed by atoms with Crippen LogP contribution in [0.2, 0.25) is 0 Å². The monoisotopic (exact) mass is 270 g/mol. The second-order valence-corrected chi connectivity index (χ2v) is 6.39. The molecular formula is C13H22N2O2S. The van der Waals surface area contributed by atoms with Crippen LogP contribution >= 0.6 is 11.3 Å². The average Bonchev–Trinajstić information content (AvgIpc) is 2.57. The maximum atomic E-state index is 11.1. The minimum absolute atomic E-state index is 0.350. The first-order chi connectivity index (χ1) is 8.31. The summed E-state index contributed by atoms with van der Waals surface area (Å²) in [6.07, 6.45) is 0. The lowest BCUT2D eigenvalue weighted by Crippen LogP contribution is -2.31. The first kappa shape index (κ1) is 15.0. The van der Waals surface area contributed by atoms with E-state index in [9.17, 15) is 4.79 Å². The Labute approximate surface area is 113 Å². The zero-order valence-corrected chi connectivity index (χ0v) is 12.5. The van der Waals surface area contributed by atoms with Crippen LogP contribution in [0.3, 0.4) is 0 Å². The second kappa shape index (κ2) is 6.18. The Morgan fingerprint density at radius 1 is 1.28 bits per heavy atom. The summed E-state index contributed by atoms with van der Waals surface area (Å²) in [6.45, 7) is 12.2. The fourth-order valence-electron chi connectivity index (χ4n) is 1.83. The highest BCUT2D eigenvalue weighted by molar-refractivity contribution is 7.17. The zero-order chi connectivity index (χ0) is 13.9. The molecule has 5 heteroatoms. The number of rotatable bonds is 6. The van der Waals surface area contributed by atoms with Crippen LogP contribution < -0.4 is 4.90 Å². The molecule has 102 valence electrons. The van der Waals surface area contributed by atoms with Gasteiger partial charge in [0.15, 0.2) is 5.13 Å². The number of carbonyl (C=O) groups is 1. The quantitative estimate of drug-likeness (QED) is 0.862. The molecule has 1 N–H and O–H groups in total. The van der Waals surface area contributed by atoms with E-state index < -0.39 is 5.97 Å². The van der Waals surface area contributed by atoms with Crippen molar-refractivity contribution in [3.8, 4) is 0 Å². The van der Waals surface area contributed by atoms with E-state index in [1.807, 2.05) is 0 Å². The lowest BCUT2D eigenvalue weighted by Gasteiger charge is -2.25. The third-order valence-corrected chi connectivity index (χ3v) is 3.63. The van der Waals surface area contributed by atoms with Crippen LogP contribution in [0.4, 0.5) is 5.13 Å². The molecule has 1 aromatic rings. The van der Waals surface area contributed by atoms with Crippen molar-refractivity contribution in [2.75, 3.05) is 18.0 Å². The summed E-state index contributed by atoms with van der Waals surface area (Å²) in [5, 5.41) is 9.90. The molecule has 0 aliphatic rings. The maximum Gasteiger partial charge on any atom is 0.347 e. The Bertz CT molecular complexity index is 403. The predicted octanol–water partition coefficient (Wildman–Crippen LogP) is 3.27. The standard InChI is InChI=1S/C13H22N2O2S/c1-8(2)6-15(7-9(3)4)13-14-10(5)11(18-13)12(16)17/h8-9H,6-7H2,1-5H3,(H,16,17). The highest BCUT2D eigenvalue weighted by Gasteiger charge is 2.19. The SMILES string of the molecule is Cc1nc(N(CC(C)C)CC(C)C)sc1C(=O)O. The van der Waals surface area contributed by atoms with Gasteiger partial charge >= 0.3 is 5.97 Å². The number of aryl methyl sites for hydroxylation is 1. The molecule has 0 fully saturated rings. The van der Waals surface area contributed by atoms with Crippen LogP contribution in [-0.2, 0) is 0 Å². The summed E-state index contributed by atoms with van der Waals surface area (Å²) in [6, 6.07) is 0. The van der Waals surface area contributed by atoms with Crippen molar-refractivity contribution < 1.29 is 9.90 Å². The van der Waals surface area contributed by atoms with Crippen LogP contribution in [0.25, 0.3) is 0 Å². The van der Waals surface area contributed by atoms with E-state index in [1.165, 1.54) is 11.3 Å². The molecule has 0 saturated heterocycles. The van der Waals surface area contributed by atoms with Crippen LogP contribution in [0.1, 0.15) is 43.1 Å². The van der Waals surface area contributed by atoms with Crippen LogP contribution in [0, 0.1) is 18.8 Å².